The summed E-state index contributed by atoms with van der Waals surface area (Å²) in [5, 5.41) is 14.5. The minimum absolute atomic E-state index is 0.139. The number of hydrogen-bond acceptors (Lipinski definition) is 3. The van der Waals surface area contributed by atoms with Crippen LogP contribution in [0.2, 0.25) is 0 Å². The van der Waals surface area contributed by atoms with Gasteiger partial charge in [0.15, 0.2) is 0 Å². The molecule has 2 rings (SSSR count). The quantitative estimate of drug-likeness (QED) is 0.697. The maximum absolute atomic E-state index is 12.7. The highest BCUT2D eigenvalue weighted by Crippen LogP contribution is 2.14. The maximum atomic E-state index is 12.7. The first kappa shape index (κ1) is 20.2. The van der Waals surface area contributed by atoms with Crippen molar-refractivity contribution in [3.63, 3.8) is 0 Å². The number of hydrogen-bond donors (Lipinski definition) is 3. The van der Waals surface area contributed by atoms with Crippen LogP contribution in [-0.2, 0) is 4.79 Å². The Kier molecular flexibility index (Phi) is 6.71. The molecule has 1 atom stereocenters. The summed E-state index contributed by atoms with van der Waals surface area (Å²) in [6.07, 6.45) is 0.483. The van der Waals surface area contributed by atoms with Gasteiger partial charge in [-0.3, -0.25) is 9.59 Å². The van der Waals surface area contributed by atoms with Crippen LogP contribution >= 0.6 is 0 Å². The Hall–Kier alpha value is -3.15. The number of aromatic carboxylic acids is 1. The molecule has 6 heteroatoms. The van der Waals surface area contributed by atoms with E-state index in [1.807, 2.05) is 32.9 Å². The molecule has 2 amide bonds. The van der Waals surface area contributed by atoms with Gasteiger partial charge in [0.05, 0.1) is 5.56 Å². The molecule has 0 bridgehead atoms. The van der Waals surface area contributed by atoms with Crippen molar-refractivity contribution >= 4 is 23.5 Å². The second kappa shape index (κ2) is 8.98. The normalized spacial score (nSPS) is 11.7. The maximum Gasteiger partial charge on any atom is 0.335 e. The van der Waals surface area contributed by atoms with Crippen molar-refractivity contribution in [1.82, 2.24) is 5.32 Å². The summed E-state index contributed by atoms with van der Waals surface area (Å²) in [6, 6.07) is 12.4. The highest BCUT2D eigenvalue weighted by atomic mass is 16.4. The molecule has 0 aliphatic carbocycles. The molecule has 0 aliphatic heterocycles. The monoisotopic (exact) mass is 368 g/mol. The van der Waals surface area contributed by atoms with Gasteiger partial charge in [0.25, 0.3) is 5.91 Å². The Balaban J connectivity index is 2.12. The molecule has 0 aromatic heterocycles. The summed E-state index contributed by atoms with van der Waals surface area (Å²) in [5.41, 5.74) is 1.98. The molecule has 0 spiro atoms. The van der Waals surface area contributed by atoms with E-state index in [1.165, 1.54) is 24.3 Å². The summed E-state index contributed by atoms with van der Waals surface area (Å²) < 4.78 is 0. The van der Waals surface area contributed by atoms with Crippen molar-refractivity contribution in [2.24, 2.45) is 5.92 Å². The van der Waals surface area contributed by atoms with Gasteiger partial charge in [-0.25, -0.2) is 4.79 Å². The van der Waals surface area contributed by atoms with Crippen LogP contribution in [0, 0.1) is 12.8 Å². The van der Waals surface area contributed by atoms with Crippen molar-refractivity contribution in [3.8, 4) is 0 Å². The molecule has 0 radical (unpaired) electrons. The van der Waals surface area contributed by atoms with E-state index in [0.29, 0.717) is 17.7 Å². The van der Waals surface area contributed by atoms with Crippen LogP contribution in [0.25, 0.3) is 0 Å². The number of aryl methyl sites for hydroxylation is 1. The largest absolute Gasteiger partial charge is 0.478 e. The Morgan fingerprint density at radius 1 is 1.00 bits per heavy atom. The lowest BCUT2D eigenvalue weighted by molar-refractivity contribution is -0.118. The highest BCUT2D eigenvalue weighted by Gasteiger charge is 2.23. The van der Waals surface area contributed by atoms with E-state index in [0.717, 1.165) is 5.56 Å². The lowest BCUT2D eigenvalue weighted by Crippen LogP contribution is -2.44. The van der Waals surface area contributed by atoms with Crippen LogP contribution in [0.4, 0.5) is 5.69 Å². The molecular formula is C21H24N2O4. The van der Waals surface area contributed by atoms with Gasteiger partial charge < -0.3 is 15.7 Å². The smallest absolute Gasteiger partial charge is 0.335 e. The number of anilines is 1. The number of nitrogens with one attached hydrogen (secondary N) is 2. The predicted octanol–water partition coefficient (Wildman–Crippen LogP) is 3.48. The molecule has 1 unspecified atom stereocenters. The lowest BCUT2D eigenvalue weighted by atomic mass is 10.0. The molecule has 2 aromatic rings. The van der Waals surface area contributed by atoms with Crippen LogP contribution in [0.3, 0.4) is 0 Å². The van der Waals surface area contributed by atoms with Crippen LogP contribution in [0.15, 0.2) is 48.5 Å². The van der Waals surface area contributed by atoms with E-state index < -0.39 is 12.0 Å². The molecule has 0 aliphatic rings. The minimum Gasteiger partial charge on any atom is -0.478 e. The first-order chi connectivity index (χ1) is 12.8. The summed E-state index contributed by atoms with van der Waals surface area (Å²) in [5.74, 6) is -1.47. The zero-order valence-electron chi connectivity index (χ0n) is 15.7. The van der Waals surface area contributed by atoms with E-state index >= 15 is 0 Å². The van der Waals surface area contributed by atoms with Crippen LogP contribution in [-0.4, -0.2) is 28.9 Å². The van der Waals surface area contributed by atoms with Gasteiger partial charge in [-0.15, -0.1) is 0 Å². The number of carboxylic acids is 1. The zero-order valence-corrected chi connectivity index (χ0v) is 15.7. The van der Waals surface area contributed by atoms with E-state index in [4.69, 9.17) is 5.11 Å². The molecule has 6 nitrogen and oxygen atoms in total. The molecule has 0 fully saturated rings. The summed E-state index contributed by atoms with van der Waals surface area (Å²) in [7, 11) is 0. The van der Waals surface area contributed by atoms with Gasteiger partial charge in [-0.1, -0.05) is 32.0 Å². The predicted molar refractivity (Wildman–Crippen MR) is 104 cm³/mol. The third-order valence-corrected chi connectivity index (χ3v) is 4.12. The standard InChI is InChI=1S/C21H24N2O4/c1-13(2)12-18(23-19(24)17-7-5-4-6-14(17)3)20(25)22-16-10-8-15(9-11-16)21(26)27/h4-11,13,18H,12H2,1-3H3,(H,22,25)(H,23,24)(H,26,27). The van der Waals surface area contributed by atoms with Gasteiger partial charge in [-0.05, 0) is 55.2 Å². The number of rotatable bonds is 7. The first-order valence-corrected chi connectivity index (χ1v) is 8.78. The highest BCUT2D eigenvalue weighted by molar-refractivity contribution is 6.02. The summed E-state index contributed by atoms with van der Waals surface area (Å²) >= 11 is 0. The average molecular weight is 368 g/mol. The SMILES string of the molecule is Cc1ccccc1C(=O)NC(CC(C)C)C(=O)Nc1ccc(C(=O)O)cc1. The van der Waals surface area contributed by atoms with E-state index in [2.05, 4.69) is 10.6 Å². The van der Waals surface area contributed by atoms with Crippen molar-refractivity contribution in [2.75, 3.05) is 5.32 Å². The van der Waals surface area contributed by atoms with E-state index in [9.17, 15) is 14.4 Å². The number of carbonyl (C=O) groups excluding carboxylic acids is 2. The number of benzene rings is 2. The number of amides is 2. The summed E-state index contributed by atoms with van der Waals surface area (Å²) in [6.45, 7) is 5.79. The van der Waals surface area contributed by atoms with Crippen molar-refractivity contribution < 1.29 is 19.5 Å². The zero-order chi connectivity index (χ0) is 20.0. The molecule has 0 saturated carbocycles. The number of carboxylic acid groups (broad SMARTS) is 1. The third-order valence-electron chi connectivity index (χ3n) is 4.12. The van der Waals surface area contributed by atoms with Gasteiger partial charge in [0.2, 0.25) is 5.91 Å². The van der Waals surface area contributed by atoms with Crippen molar-refractivity contribution in [2.45, 2.75) is 33.2 Å². The van der Waals surface area contributed by atoms with Gasteiger partial charge in [0, 0.05) is 11.3 Å². The van der Waals surface area contributed by atoms with Crippen LogP contribution in [0.1, 0.15) is 46.5 Å². The third kappa shape index (κ3) is 5.67. The van der Waals surface area contributed by atoms with Crippen LogP contribution < -0.4 is 10.6 Å². The Labute approximate surface area is 158 Å². The molecule has 0 heterocycles. The topological polar surface area (TPSA) is 95.5 Å². The average Bonchev–Trinajstić information content (AvgIpc) is 2.61. The Bertz CT molecular complexity index is 828. The van der Waals surface area contributed by atoms with E-state index in [1.54, 1.807) is 12.1 Å². The van der Waals surface area contributed by atoms with Gasteiger partial charge >= 0.3 is 5.97 Å². The molecule has 0 saturated heterocycles. The second-order valence-corrected chi connectivity index (χ2v) is 6.84. The Morgan fingerprint density at radius 2 is 1.63 bits per heavy atom. The van der Waals surface area contributed by atoms with Gasteiger partial charge in [-0.2, -0.15) is 0 Å². The fourth-order valence-corrected chi connectivity index (χ4v) is 2.69. The van der Waals surface area contributed by atoms with Crippen molar-refractivity contribution in [3.05, 3.63) is 65.2 Å². The van der Waals surface area contributed by atoms with Crippen molar-refractivity contribution in [1.29, 1.82) is 0 Å². The summed E-state index contributed by atoms with van der Waals surface area (Å²) in [4.78, 5) is 36.2. The first-order valence-electron chi connectivity index (χ1n) is 8.78. The molecular weight excluding hydrogens is 344 g/mol. The minimum atomic E-state index is -1.03. The van der Waals surface area contributed by atoms with Crippen LogP contribution in [0.5, 0.6) is 0 Å². The lowest BCUT2D eigenvalue weighted by Gasteiger charge is -2.21. The molecule has 3 N–H and O–H groups in total. The molecule has 27 heavy (non-hydrogen) atoms. The molecule has 142 valence electrons. The second-order valence-electron chi connectivity index (χ2n) is 6.84. The fourth-order valence-electron chi connectivity index (χ4n) is 2.69. The molecule has 2 aromatic carbocycles. The Morgan fingerprint density at radius 3 is 2.19 bits per heavy atom. The fraction of sp³-hybridized carbons (Fsp3) is 0.286. The van der Waals surface area contributed by atoms with E-state index in [-0.39, 0.29) is 23.3 Å². The van der Waals surface area contributed by atoms with Gasteiger partial charge in [0.1, 0.15) is 6.04 Å². The number of carbonyl (C=O) groups is 3.